The van der Waals surface area contributed by atoms with Gasteiger partial charge in [0.1, 0.15) is 12.0 Å². The van der Waals surface area contributed by atoms with Crippen molar-refractivity contribution in [3.8, 4) is 0 Å². The van der Waals surface area contributed by atoms with Crippen LogP contribution in [0.3, 0.4) is 0 Å². The lowest BCUT2D eigenvalue weighted by Crippen LogP contribution is -2.62. The van der Waals surface area contributed by atoms with E-state index in [2.05, 4.69) is 25.3 Å². The quantitative estimate of drug-likeness (QED) is 0.809. The van der Waals surface area contributed by atoms with Crippen molar-refractivity contribution >= 4 is 11.5 Å². The fourth-order valence-corrected chi connectivity index (χ4v) is 3.70. The molecule has 0 unspecified atom stereocenters. The van der Waals surface area contributed by atoms with Gasteiger partial charge in [-0.3, -0.25) is 4.99 Å². The molecule has 2 atom stereocenters. The first-order valence-electron chi connectivity index (χ1n) is 9.69. The predicted molar refractivity (Wildman–Crippen MR) is 105 cm³/mol. The summed E-state index contributed by atoms with van der Waals surface area (Å²) in [7, 11) is 0. The maximum absolute atomic E-state index is 14.7. The number of fused-ring (bicyclic) bond motifs is 1. The molecule has 2 aliphatic heterocycles. The van der Waals surface area contributed by atoms with E-state index in [1.54, 1.807) is 18.0 Å². The van der Waals surface area contributed by atoms with Crippen LogP contribution in [-0.2, 0) is 6.54 Å². The van der Waals surface area contributed by atoms with Crippen LogP contribution in [0.4, 0.5) is 14.6 Å². The predicted octanol–water partition coefficient (Wildman–Crippen LogP) is 1.69. The molecule has 0 aromatic carbocycles. The Morgan fingerprint density at radius 2 is 2.10 bits per heavy atom. The lowest BCUT2D eigenvalue weighted by atomic mass is 9.84. The van der Waals surface area contributed by atoms with Gasteiger partial charge in [0.25, 0.3) is 0 Å². The van der Waals surface area contributed by atoms with Crippen LogP contribution >= 0.6 is 0 Å². The highest BCUT2D eigenvalue weighted by Gasteiger charge is 2.38. The minimum Gasteiger partial charge on any atom is -0.388 e. The average molecular weight is 402 g/mol. The maximum atomic E-state index is 14.7. The molecular weight excluding hydrogens is 378 g/mol. The molecule has 0 radical (unpaired) electrons. The summed E-state index contributed by atoms with van der Waals surface area (Å²) in [6.07, 6.45) is 2.98. The van der Waals surface area contributed by atoms with Crippen molar-refractivity contribution in [3.63, 3.8) is 0 Å². The molecule has 2 aromatic rings. The number of hydrogen-bond acceptors (Lipinski definition) is 7. The minimum absolute atomic E-state index is 0.00545. The van der Waals surface area contributed by atoms with Crippen molar-refractivity contribution in [2.24, 2.45) is 10.9 Å². The van der Waals surface area contributed by atoms with Crippen molar-refractivity contribution < 1.29 is 13.9 Å². The summed E-state index contributed by atoms with van der Waals surface area (Å²) in [6.45, 7) is 7.36. The third-order valence-corrected chi connectivity index (χ3v) is 5.92. The van der Waals surface area contributed by atoms with Gasteiger partial charge < -0.3 is 15.3 Å². The van der Waals surface area contributed by atoms with Crippen molar-refractivity contribution in [2.45, 2.75) is 39.0 Å². The number of piperazine rings is 1. The largest absolute Gasteiger partial charge is 0.388 e. The topological polar surface area (TPSA) is 86.5 Å². The van der Waals surface area contributed by atoms with Crippen LogP contribution in [0.25, 0.3) is 0 Å². The number of aliphatic imine (C=N–C) groups is 1. The third-order valence-electron chi connectivity index (χ3n) is 5.92. The second-order valence-electron chi connectivity index (χ2n) is 8.01. The van der Waals surface area contributed by atoms with E-state index in [0.717, 1.165) is 6.07 Å². The summed E-state index contributed by atoms with van der Waals surface area (Å²) in [5.74, 6) is -1.45. The molecule has 4 rings (SSSR count). The lowest BCUT2D eigenvalue weighted by Gasteiger charge is -2.43. The summed E-state index contributed by atoms with van der Waals surface area (Å²) in [5.41, 5.74) is 0.639. The van der Waals surface area contributed by atoms with Gasteiger partial charge in [0.05, 0.1) is 29.6 Å². The standard InChI is InChI=1S/C20H24F2N6O/c1-11(2)20(3,29)16-9-28(5-4-24-16)19-14(22)6-13(21)18(27-19)17-12-7-23-10-26-15(12)8-25-17/h6-7,10-11,16,24,29H,4-5,8-9H2,1-3H3/t16-,20+/m0/s1. The Kier molecular flexibility index (Phi) is 5.04. The normalized spacial score (nSPS) is 21.1. The van der Waals surface area contributed by atoms with Crippen molar-refractivity contribution in [3.05, 3.63) is 47.2 Å². The number of halogens is 2. The maximum Gasteiger partial charge on any atom is 0.168 e. The van der Waals surface area contributed by atoms with E-state index in [0.29, 0.717) is 43.1 Å². The molecule has 2 aliphatic rings. The number of aliphatic hydroxyl groups is 1. The van der Waals surface area contributed by atoms with Gasteiger partial charge in [0.15, 0.2) is 17.5 Å². The lowest BCUT2D eigenvalue weighted by molar-refractivity contribution is -0.0232. The first-order valence-corrected chi connectivity index (χ1v) is 9.69. The Labute approximate surface area is 167 Å². The van der Waals surface area contributed by atoms with Crippen LogP contribution in [0, 0.1) is 17.6 Å². The van der Waals surface area contributed by atoms with E-state index in [1.807, 2.05) is 13.8 Å². The summed E-state index contributed by atoms with van der Waals surface area (Å²) >= 11 is 0. The molecule has 0 amide bonds. The van der Waals surface area contributed by atoms with E-state index in [-0.39, 0.29) is 23.5 Å². The molecule has 2 N–H and O–H groups in total. The van der Waals surface area contributed by atoms with E-state index in [4.69, 9.17) is 0 Å². The van der Waals surface area contributed by atoms with E-state index >= 15 is 0 Å². The SMILES string of the molecule is CC(C)[C@@](C)(O)[C@@H]1CN(c2nc(C3=NCc4ncncc43)c(F)cc2F)CCN1. The number of anilines is 1. The number of nitrogens with zero attached hydrogens (tertiary/aromatic N) is 5. The second kappa shape index (κ2) is 7.38. The van der Waals surface area contributed by atoms with Crippen LogP contribution in [-0.4, -0.2) is 57.0 Å². The van der Waals surface area contributed by atoms with Crippen LogP contribution < -0.4 is 10.2 Å². The Morgan fingerprint density at radius 3 is 2.86 bits per heavy atom. The summed E-state index contributed by atoms with van der Waals surface area (Å²) in [6, 6.07) is 0.573. The molecule has 2 aromatic heterocycles. The zero-order valence-electron chi connectivity index (χ0n) is 16.7. The Bertz CT molecular complexity index is 962. The zero-order chi connectivity index (χ0) is 20.8. The van der Waals surface area contributed by atoms with E-state index < -0.39 is 17.2 Å². The minimum atomic E-state index is -0.982. The highest BCUT2D eigenvalue weighted by Crippen LogP contribution is 2.28. The fraction of sp³-hybridized carbons (Fsp3) is 0.500. The second-order valence-corrected chi connectivity index (χ2v) is 8.01. The van der Waals surface area contributed by atoms with E-state index in [9.17, 15) is 13.9 Å². The molecule has 0 aliphatic carbocycles. The van der Waals surface area contributed by atoms with Gasteiger partial charge >= 0.3 is 0 Å². The Hall–Kier alpha value is -2.52. The summed E-state index contributed by atoms with van der Waals surface area (Å²) in [4.78, 5) is 18.5. The molecule has 1 fully saturated rings. The fourth-order valence-electron chi connectivity index (χ4n) is 3.70. The highest BCUT2D eigenvalue weighted by atomic mass is 19.1. The molecule has 0 bridgehead atoms. The molecule has 154 valence electrons. The van der Waals surface area contributed by atoms with Crippen LogP contribution in [0.1, 0.15) is 37.7 Å². The number of pyridine rings is 1. The van der Waals surface area contributed by atoms with Gasteiger partial charge in [-0.2, -0.15) is 0 Å². The summed E-state index contributed by atoms with van der Waals surface area (Å²) < 4.78 is 29.3. The number of hydrogen-bond donors (Lipinski definition) is 2. The number of nitrogens with one attached hydrogen (secondary N) is 1. The van der Waals surface area contributed by atoms with Gasteiger partial charge in [-0.15, -0.1) is 0 Å². The smallest absolute Gasteiger partial charge is 0.168 e. The highest BCUT2D eigenvalue weighted by molar-refractivity contribution is 6.13. The molecule has 1 saturated heterocycles. The van der Waals surface area contributed by atoms with Crippen molar-refractivity contribution in [2.75, 3.05) is 24.5 Å². The molecular formula is C20H24F2N6O. The van der Waals surface area contributed by atoms with Gasteiger partial charge in [-0.25, -0.2) is 23.7 Å². The van der Waals surface area contributed by atoms with Gasteiger partial charge in [0.2, 0.25) is 0 Å². The average Bonchev–Trinajstić information content (AvgIpc) is 3.12. The van der Waals surface area contributed by atoms with Crippen LogP contribution in [0.15, 0.2) is 23.6 Å². The zero-order valence-corrected chi connectivity index (χ0v) is 16.7. The Morgan fingerprint density at radius 1 is 1.31 bits per heavy atom. The Balaban J connectivity index is 1.68. The van der Waals surface area contributed by atoms with Gasteiger partial charge in [-0.1, -0.05) is 13.8 Å². The molecule has 0 saturated carbocycles. The molecule has 9 heteroatoms. The summed E-state index contributed by atoms with van der Waals surface area (Å²) in [5, 5.41) is 14.1. The van der Waals surface area contributed by atoms with Crippen molar-refractivity contribution in [1.29, 1.82) is 0 Å². The third kappa shape index (κ3) is 3.49. The molecule has 29 heavy (non-hydrogen) atoms. The van der Waals surface area contributed by atoms with Crippen LogP contribution in [0.2, 0.25) is 0 Å². The van der Waals surface area contributed by atoms with E-state index in [1.165, 1.54) is 6.33 Å². The first kappa shape index (κ1) is 19.8. The van der Waals surface area contributed by atoms with Crippen LogP contribution in [0.5, 0.6) is 0 Å². The van der Waals surface area contributed by atoms with Crippen molar-refractivity contribution in [1.82, 2.24) is 20.3 Å². The van der Waals surface area contributed by atoms with Gasteiger partial charge in [-0.05, 0) is 12.8 Å². The molecule has 0 spiro atoms. The number of aromatic nitrogens is 3. The number of rotatable bonds is 4. The molecule has 4 heterocycles. The first-order chi connectivity index (χ1) is 13.8. The van der Waals surface area contributed by atoms with Gasteiger partial charge in [0, 0.05) is 37.5 Å². The molecule has 7 nitrogen and oxygen atoms in total. The monoisotopic (exact) mass is 402 g/mol.